The van der Waals surface area contributed by atoms with Crippen molar-refractivity contribution in [1.82, 2.24) is 5.32 Å². The first-order valence-electron chi connectivity index (χ1n) is 7.05. The topological polar surface area (TPSA) is 61.8 Å². The Kier molecular flexibility index (Phi) is 5.24. The highest BCUT2D eigenvalue weighted by Gasteiger charge is 2.16. The molecule has 5 heteroatoms. The predicted molar refractivity (Wildman–Crippen MR) is 78.4 cm³/mol. The fraction of sp³-hybridized carbons (Fsp3) is 0.533. The van der Waals surface area contributed by atoms with Gasteiger partial charge >= 0.3 is 5.97 Å². The lowest BCUT2D eigenvalue weighted by atomic mass is 10.1. The van der Waals surface area contributed by atoms with E-state index in [0.29, 0.717) is 13.1 Å². The minimum absolute atomic E-state index is 0.142. The van der Waals surface area contributed by atoms with E-state index in [9.17, 15) is 4.79 Å². The molecule has 5 nitrogen and oxygen atoms in total. The molecule has 1 aromatic rings. The normalized spacial score (nSPS) is 14.6. The predicted octanol–water partition coefficient (Wildman–Crippen LogP) is 1.86. The van der Waals surface area contributed by atoms with Gasteiger partial charge in [-0.15, -0.1) is 0 Å². The maximum absolute atomic E-state index is 10.4. The summed E-state index contributed by atoms with van der Waals surface area (Å²) in [5, 5.41) is 11.7. The van der Waals surface area contributed by atoms with E-state index in [1.807, 2.05) is 6.07 Å². The van der Waals surface area contributed by atoms with Crippen LogP contribution in [0, 0.1) is 0 Å². The van der Waals surface area contributed by atoms with Gasteiger partial charge in [-0.3, -0.25) is 4.79 Å². The zero-order valence-corrected chi connectivity index (χ0v) is 11.9. The molecule has 0 aliphatic carbocycles. The van der Waals surface area contributed by atoms with E-state index in [2.05, 4.69) is 22.3 Å². The molecule has 0 spiro atoms. The first-order valence-corrected chi connectivity index (χ1v) is 7.05. The zero-order valence-electron chi connectivity index (χ0n) is 11.9. The molecule has 110 valence electrons. The van der Waals surface area contributed by atoms with Gasteiger partial charge in [0.1, 0.15) is 5.75 Å². The fourth-order valence-electron chi connectivity index (χ4n) is 2.48. The Labute approximate surface area is 119 Å². The number of benzene rings is 1. The van der Waals surface area contributed by atoms with E-state index in [1.165, 1.54) is 12.8 Å². The Morgan fingerprint density at radius 1 is 1.40 bits per heavy atom. The largest absolute Gasteiger partial charge is 0.495 e. The van der Waals surface area contributed by atoms with Gasteiger partial charge < -0.3 is 20.1 Å². The molecule has 1 aliphatic heterocycles. The molecule has 0 unspecified atom stereocenters. The van der Waals surface area contributed by atoms with Gasteiger partial charge in [0.05, 0.1) is 19.2 Å². The maximum Gasteiger partial charge on any atom is 0.304 e. The number of hydrogen-bond donors (Lipinski definition) is 2. The molecule has 0 radical (unpaired) electrons. The second-order valence-corrected chi connectivity index (χ2v) is 5.02. The minimum atomic E-state index is -0.778. The molecule has 1 fully saturated rings. The Hall–Kier alpha value is -1.75. The summed E-state index contributed by atoms with van der Waals surface area (Å²) >= 11 is 0. The van der Waals surface area contributed by atoms with E-state index in [0.717, 1.165) is 30.1 Å². The summed E-state index contributed by atoms with van der Waals surface area (Å²) in [4.78, 5) is 12.8. The standard InChI is InChI=1S/C15H22N2O3/c1-20-14-10-12(11-16-7-6-15(18)19)4-5-13(14)17-8-2-3-9-17/h4-5,10,16H,2-3,6-9,11H2,1H3,(H,18,19). The molecular formula is C15H22N2O3. The highest BCUT2D eigenvalue weighted by Crippen LogP contribution is 2.31. The maximum atomic E-state index is 10.4. The minimum Gasteiger partial charge on any atom is -0.495 e. The van der Waals surface area contributed by atoms with Crippen molar-refractivity contribution >= 4 is 11.7 Å². The van der Waals surface area contributed by atoms with Gasteiger partial charge in [-0.2, -0.15) is 0 Å². The summed E-state index contributed by atoms with van der Waals surface area (Å²) in [6, 6.07) is 6.20. The Morgan fingerprint density at radius 3 is 2.80 bits per heavy atom. The van der Waals surface area contributed by atoms with Gasteiger partial charge in [-0.25, -0.2) is 0 Å². The molecule has 1 aliphatic rings. The second-order valence-electron chi connectivity index (χ2n) is 5.02. The summed E-state index contributed by atoms with van der Waals surface area (Å²) in [5.74, 6) is 0.115. The number of nitrogens with one attached hydrogen (secondary N) is 1. The van der Waals surface area contributed by atoms with Gasteiger partial charge in [-0.05, 0) is 30.5 Å². The number of hydrogen-bond acceptors (Lipinski definition) is 4. The molecule has 1 aromatic carbocycles. The first-order chi connectivity index (χ1) is 9.70. The number of methoxy groups -OCH3 is 1. The second kappa shape index (κ2) is 7.14. The van der Waals surface area contributed by atoms with E-state index >= 15 is 0 Å². The number of carbonyl (C=O) groups is 1. The molecule has 20 heavy (non-hydrogen) atoms. The van der Waals surface area contributed by atoms with Crippen LogP contribution in [0.4, 0.5) is 5.69 Å². The number of ether oxygens (including phenoxy) is 1. The quantitative estimate of drug-likeness (QED) is 0.745. The third-order valence-corrected chi connectivity index (χ3v) is 3.54. The van der Waals surface area contributed by atoms with Crippen molar-refractivity contribution in [3.8, 4) is 5.75 Å². The number of rotatable bonds is 7. The first kappa shape index (κ1) is 14.7. The number of nitrogens with zero attached hydrogens (tertiary/aromatic N) is 1. The summed E-state index contributed by atoms with van der Waals surface area (Å²) < 4.78 is 5.48. The highest BCUT2D eigenvalue weighted by atomic mass is 16.5. The van der Waals surface area contributed by atoms with E-state index < -0.39 is 5.97 Å². The van der Waals surface area contributed by atoms with E-state index in [1.54, 1.807) is 7.11 Å². The molecule has 2 N–H and O–H groups in total. The lowest BCUT2D eigenvalue weighted by Crippen LogP contribution is -2.19. The smallest absolute Gasteiger partial charge is 0.304 e. The molecule has 0 aromatic heterocycles. The fourth-order valence-corrected chi connectivity index (χ4v) is 2.48. The summed E-state index contributed by atoms with van der Waals surface area (Å²) in [5.41, 5.74) is 2.26. The lowest BCUT2D eigenvalue weighted by Gasteiger charge is -2.21. The van der Waals surface area contributed by atoms with Crippen LogP contribution in [-0.2, 0) is 11.3 Å². The van der Waals surface area contributed by atoms with Gasteiger partial charge in [0.15, 0.2) is 0 Å². The van der Waals surface area contributed by atoms with Crippen molar-refractivity contribution < 1.29 is 14.6 Å². The van der Waals surface area contributed by atoms with Crippen LogP contribution in [-0.4, -0.2) is 37.8 Å². The molecule has 0 saturated carbocycles. The molecule has 0 amide bonds. The number of carboxylic acids is 1. The van der Waals surface area contributed by atoms with Crippen molar-refractivity contribution in [3.63, 3.8) is 0 Å². The van der Waals surface area contributed by atoms with Crippen LogP contribution in [0.25, 0.3) is 0 Å². The van der Waals surface area contributed by atoms with Crippen LogP contribution in [0.2, 0.25) is 0 Å². The van der Waals surface area contributed by atoms with Crippen LogP contribution in [0.1, 0.15) is 24.8 Å². The van der Waals surface area contributed by atoms with Crippen molar-refractivity contribution in [3.05, 3.63) is 23.8 Å². The van der Waals surface area contributed by atoms with Crippen molar-refractivity contribution in [1.29, 1.82) is 0 Å². The van der Waals surface area contributed by atoms with Crippen LogP contribution >= 0.6 is 0 Å². The number of carboxylic acid groups (broad SMARTS) is 1. The van der Waals surface area contributed by atoms with Crippen LogP contribution in [0.5, 0.6) is 5.75 Å². The van der Waals surface area contributed by atoms with E-state index in [-0.39, 0.29) is 6.42 Å². The Bertz CT molecular complexity index is 456. The van der Waals surface area contributed by atoms with Gasteiger partial charge in [0.25, 0.3) is 0 Å². The van der Waals surface area contributed by atoms with Crippen molar-refractivity contribution in [2.24, 2.45) is 0 Å². The summed E-state index contributed by atoms with van der Waals surface area (Å²) in [6.07, 6.45) is 2.62. The van der Waals surface area contributed by atoms with Crippen LogP contribution in [0.15, 0.2) is 18.2 Å². The molecule has 1 heterocycles. The van der Waals surface area contributed by atoms with Gasteiger partial charge in [-0.1, -0.05) is 6.07 Å². The number of aliphatic carboxylic acids is 1. The van der Waals surface area contributed by atoms with Crippen LogP contribution in [0.3, 0.4) is 0 Å². The Morgan fingerprint density at radius 2 is 2.15 bits per heavy atom. The monoisotopic (exact) mass is 278 g/mol. The zero-order chi connectivity index (χ0) is 14.4. The lowest BCUT2D eigenvalue weighted by molar-refractivity contribution is -0.136. The average molecular weight is 278 g/mol. The molecule has 0 atom stereocenters. The highest BCUT2D eigenvalue weighted by molar-refractivity contribution is 5.66. The summed E-state index contributed by atoms with van der Waals surface area (Å²) in [7, 11) is 1.69. The van der Waals surface area contributed by atoms with Crippen molar-refractivity contribution in [2.75, 3.05) is 31.6 Å². The van der Waals surface area contributed by atoms with Gasteiger partial charge in [0.2, 0.25) is 0 Å². The Balaban J connectivity index is 1.96. The third-order valence-electron chi connectivity index (χ3n) is 3.54. The third kappa shape index (κ3) is 3.87. The SMILES string of the molecule is COc1cc(CNCCC(=O)O)ccc1N1CCCC1. The molecule has 2 rings (SSSR count). The number of anilines is 1. The van der Waals surface area contributed by atoms with E-state index in [4.69, 9.17) is 9.84 Å². The van der Waals surface area contributed by atoms with Gasteiger partial charge in [0, 0.05) is 26.2 Å². The molecular weight excluding hydrogens is 256 g/mol. The van der Waals surface area contributed by atoms with Crippen molar-refractivity contribution in [2.45, 2.75) is 25.8 Å². The molecule has 0 bridgehead atoms. The molecule has 1 saturated heterocycles. The summed E-state index contributed by atoms with van der Waals surface area (Å²) in [6.45, 7) is 3.31. The van der Waals surface area contributed by atoms with Crippen LogP contribution < -0.4 is 15.0 Å². The average Bonchev–Trinajstić information content (AvgIpc) is 2.97.